The van der Waals surface area contributed by atoms with E-state index in [1.54, 1.807) is 24.4 Å². The lowest BCUT2D eigenvalue weighted by Crippen LogP contribution is -2.40. The molecule has 2 aromatic heterocycles. The van der Waals surface area contributed by atoms with Gasteiger partial charge in [-0.1, -0.05) is 13.8 Å². The molecule has 2 aliphatic heterocycles. The monoisotopic (exact) mass is 414 g/mol. The molecule has 0 spiro atoms. The van der Waals surface area contributed by atoms with Crippen LogP contribution in [0.3, 0.4) is 0 Å². The smallest absolute Gasteiger partial charge is 0.306 e. The van der Waals surface area contributed by atoms with Gasteiger partial charge in [-0.15, -0.1) is 0 Å². The Morgan fingerprint density at radius 1 is 1.33 bits per heavy atom. The molecule has 0 aliphatic carbocycles. The van der Waals surface area contributed by atoms with E-state index in [4.69, 9.17) is 18.9 Å². The predicted octanol–water partition coefficient (Wildman–Crippen LogP) is 2.26. The van der Waals surface area contributed by atoms with Crippen LogP contribution in [0, 0.1) is 24.2 Å². The summed E-state index contributed by atoms with van der Waals surface area (Å²) in [5.41, 5.74) is 0.605. The van der Waals surface area contributed by atoms with Gasteiger partial charge in [-0.2, -0.15) is 10.4 Å². The highest BCUT2D eigenvalue weighted by atomic mass is 16.8. The Bertz CT molecular complexity index is 1010. The zero-order valence-electron chi connectivity index (χ0n) is 17.8. The summed E-state index contributed by atoms with van der Waals surface area (Å²) in [6.07, 6.45) is -0.183. The van der Waals surface area contributed by atoms with E-state index in [1.807, 2.05) is 26.8 Å². The molecule has 9 nitrogen and oxygen atoms in total. The zero-order valence-corrected chi connectivity index (χ0v) is 17.8. The van der Waals surface area contributed by atoms with Crippen LogP contribution in [0.15, 0.2) is 18.5 Å². The third kappa shape index (κ3) is 3.35. The number of carbonyl (C=O) groups is 1. The van der Waals surface area contributed by atoms with E-state index in [1.165, 1.54) is 6.33 Å². The van der Waals surface area contributed by atoms with E-state index >= 15 is 0 Å². The minimum atomic E-state index is -1.47. The van der Waals surface area contributed by atoms with Crippen molar-refractivity contribution < 1.29 is 23.7 Å². The Kier molecular flexibility index (Phi) is 5.04. The van der Waals surface area contributed by atoms with Crippen molar-refractivity contribution >= 4 is 11.5 Å². The molecule has 2 aromatic rings. The van der Waals surface area contributed by atoms with Crippen molar-refractivity contribution in [3.05, 3.63) is 29.8 Å². The van der Waals surface area contributed by atoms with Gasteiger partial charge in [0.15, 0.2) is 5.79 Å². The molecule has 30 heavy (non-hydrogen) atoms. The first-order valence-electron chi connectivity index (χ1n) is 10.1. The van der Waals surface area contributed by atoms with Crippen LogP contribution in [-0.4, -0.2) is 51.3 Å². The molecule has 2 fully saturated rings. The van der Waals surface area contributed by atoms with Crippen LogP contribution >= 0.6 is 0 Å². The van der Waals surface area contributed by atoms with Crippen molar-refractivity contribution in [1.29, 1.82) is 5.26 Å². The lowest BCUT2D eigenvalue weighted by Gasteiger charge is -2.29. The van der Waals surface area contributed by atoms with E-state index in [2.05, 4.69) is 16.2 Å². The molecule has 4 rings (SSSR count). The summed E-state index contributed by atoms with van der Waals surface area (Å²) in [6.45, 7) is 9.32. The number of rotatable bonds is 5. The number of aromatic nitrogens is 3. The summed E-state index contributed by atoms with van der Waals surface area (Å²) in [7, 11) is 0. The van der Waals surface area contributed by atoms with Crippen molar-refractivity contribution in [3.8, 4) is 6.07 Å². The van der Waals surface area contributed by atoms with Crippen LogP contribution in [0.2, 0.25) is 0 Å². The molecule has 9 heteroatoms. The number of esters is 1. The summed E-state index contributed by atoms with van der Waals surface area (Å²) >= 11 is 0. The average molecular weight is 414 g/mol. The standard InChI is InChI=1S/C21H26N4O5/c1-12(2)8-17(26)27-9-15-18-19(30-20(4,5)29-18)21(10-22,28-15)16-7-6-14-13(3)23-11-24-25(14)16/h6-7,11-12,15,18-19H,8-9H2,1-5H3/t15-,18-,19-,21+/m1/s1. The quantitative estimate of drug-likeness (QED) is 0.686. The fourth-order valence-corrected chi connectivity index (χ4v) is 4.14. The number of nitriles is 1. The summed E-state index contributed by atoms with van der Waals surface area (Å²) in [5, 5.41) is 14.6. The number of carbonyl (C=O) groups excluding carboxylic acids is 1. The Labute approximate surface area is 174 Å². The van der Waals surface area contributed by atoms with Crippen LogP contribution in [-0.2, 0) is 29.3 Å². The number of hydrogen-bond donors (Lipinski definition) is 0. The maximum Gasteiger partial charge on any atom is 0.306 e. The van der Waals surface area contributed by atoms with Crippen LogP contribution in [0.5, 0.6) is 0 Å². The molecule has 0 radical (unpaired) electrons. The number of aryl methyl sites for hydroxylation is 1. The third-order valence-corrected chi connectivity index (χ3v) is 5.41. The van der Waals surface area contributed by atoms with E-state index in [9.17, 15) is 10.1 Å². The molecule has 0 aromatic carbocycles. The fourth-order valence-electron chi connectivity index (χ4n) is 4.14. The van der Waals surface area contributed by atoms with Crippen LogP contribution in [0.25, 0.3) is 5.52 Å². The maximum absolute atomic E-state index is 12.1. The SMILES string of the molecule is Cc1ncnn2c([C@]3(C#N)O[C@H](COC(=O)CC(C)C)[C@H]4OC(C)(C)O[C@H]43)ccc12. The van der Waals surface area contributed by atoms with E-state index in [-0.39, 0.29) is 18.5 Å². The first-order valence-corrected chi connectivity index (χ1v) is 10.1. The molecule has 0 bridgehead atoms. The number of hydrogen-bond acceptors (Lipinski definition) is 8. The van der Waals surface area contributed by atoms with Crippen molar-refractivity contribution in [1.82, 2.24) is 14.6 Å². The lowest BCUT2D eigenvalue weighted by molar-refractivity contribution is -0.207. The van der Waals surface area contributed by atoms with Gasteiger partial charge in [0.2, 0.25) is 5.60 Å². The van der Waals surface area contributed by atoms with Gasteiger partial charge in [0.05, 0.1) is 16.9 Å². The minimum Gasteiger partial charge on any atom is -0.463 e. The number of fused-ring (bicyclic) bond motifs is 2. The number of nitrogens with zero attached hydrogens (tertiary/aromatic N) is 4. The molecule has 4 atom stereocenters. The molecule has 0 amide bonds. The average Bonchev–Trinajstić information content (AvgIpc) is 3.31. The first-order chi connectivity index (χ1) is 14.2. The van der Waals surface area contributed by atoms with Crippen molar-refractivity contribution in [2.24, 2.45) is 5.92 Å². The molecule has 2 aliphatic rings. The highest BCUT2D eigenvalue weighted by molar-refractivity contribution is 5.69. The summed E-state index contributed by atoms with van der Waals surface area (Å²) in [5.74, 6) is -1.03. The second-order valence-electron chi connectivity index (χ2n) is 8.67. The first kappa shape index (κ1) is 20.7. The van der Waals surface area contributed by atoms with Gasteiger partial charge in [0, 0.05) is 6.42 Å². The largest absolute Gasteiger partial charge is 0.463 e. The minimum absolute atomic E-state index is 0.0209. The maximum atomic E-state index is 12.1. The topological polar surface area (TPSA) is 108 Å². The second-order valence-corrected chi connectivity index (χ2v) is 8.67. The molecular formula is C21H26N4O5. The normalized spacial score (nSPS) is 29.8. The predicted molar refractivity (Wildman–Crippen MR) is 104 cm³/mol. The molecule has 0 unspecified atom stereocenters. The van der Waals surface area contributed by atoms with E-state index < -0.39 is 29.7 Å². The molecule has 0 saturated carbocycles. The Hall–Kier alpha value is -2.54. The van der Waals surface area contributed by atoms with E-state index in [0.717, 1.165) is 11.2 Å². The van der Waals surface area contributed by atoms with Gasteiger partial charge < -0.3 is 18.9 Å². The Morgan fingerprint density at radius 3 is 2.80 bits per heavy atom. The molecule has 4 heterocycles. The number of ether oxygens (including phenoxy) is 4. The lowest BCUT2D eigenvalue weighted by atomic mass is 9.92. The highest BCUT2D eigenvalue weighted by Gasteiger charge is 2.65. The molecule has 160 valence electrons. The van der Waals surface area contributed by atoms with Gasteiger partial charge in [0.1, 0.15) is 37.3 Å². The summed E-state index contributed by atoms with van der Waals surface area (Å²) in [4.78, 5) is 16.3. The van der Waals surface area contributed by atoms with Gasteiger partial charge in [-0.3, -0.25) is 4.79 Å². The fraction of sp³-hybridized carbons (Fsp3) is 0.619. The molecule has 2 saturated heterocycles. The van der Waals surface area contributed by atoms with Gasteiger partial charge in [-0.25, -0.2) is 9.50 Å². The van der Waals surface area contributed by atoms with Gasteiger partial charge >= 0.3 is 5.97 Å². The zero-order chi connectivity index (χ0) is 21.7. The Balaban J connectivity index is 1.70. The van der Waals surface area contributed by atoms with Crippen molar-refractivity contribution in [3.63, 3.8) is 0 Å². The van der Waals surface area contributed by atoms with E-state index in [0.29, 0.717) is 12.1 Å². The van der Waals surface area contributed by atoms with Crippen molar-refractivity contribution in [2.45, 2.75) is 70.7 Å². The van der Waals surface area contributed by atoms with Gasteiger partial charge in [-0.05, 0) is 38.8 Å². The summed E-state index contributed by atoms with van der Waals surface area (Å²) in [6, 6.07) is 5.94. The second kappa shape index (κ2) is 7.30. The Morgan fingerprint density at radius 2 is 2.10 bits per heavy atom. The van der Waals surface area contributed by atoms with Crippen LogP contribution in [0.1, 0.15) is 45.5 Å². The third-order valence-electron chi connectivity index (χ3n) is 5.41. The highest BCUT2D eigenvalue weighted by Crippen LogP contribution is 2.49. The van der Waals surface area contributed by atoms with Crippen LogP contribution < -0.4 is 0 Å². The van der Waals surface area contributed by atoms with Crippen molar-refractivity contribution in [2.75, 3.05) is 6.61 Å². The van der Waals surface area contributed by atoms with Gasteiger partial charge in [0.25, 0.3) is 0 Å². The van der Waals surface area contributed by atoms with Crippen LogP contribution in [0.4, 0.5) is 0 Å². The molecule has 0 N–H and O–H groups in total. The molecular weight excluding hydrogens is 388 g/mol. The summed E-state index contributed by atoms with van der Waals surface area (Å²) < 4.78 is 25.5.